The van der Waals surface area contributed by atoms with Gasteiger partial charge in [-0.1, -0.05) is 30.9 Å². The zero-order valence-electron chi connectivity index (χ0n) is 11.4. The topological polar surface area (TPSA) is 22.1 Å². The van der Waals surface area contributed by atoms with Gasteiger partial charge >= 0.3 is 0 Å². The molecule has 0 radical (unpaired) electrons. The van der Waals surface area contributed by atoms with Gasteiger partial charge in [-0.3, -0.25) is 0 Å². The van der Waals surface area contributed by atoms with Crippen molar-refractivity contribution in [3.05, 3.63) is 23.5 Å². The van der Waals surface area contributed by atoms with Crippen molar-refractivity contribution in [2.45, 2.75) is 63.9 Å². The first-order chi connectivity index (χ1) is 9.26. The molecule has 0 atom stereocenters. The molecule has 1 spiro atoms. The van der Waals surface area contributed by atoms with Gasteiger partial charge in [-0.2, -0.15) is 0 Å². The SMILES string of the molecule is Clc1cc(OC2CCC3(CCCCC3)CC2)ccn1. The van der Waals surface area contributed by atoms with Crippen molar-refractivity contribution in [3.8, 4) is 5.75 Å². The second kappa shape index (κ2) is 5.70. The fourth-order valence-electron chi connectivity index (χ4n) is 3.77. The average molecular weight is 280 g/mol. The normalized spacial score (nSPS) is 23.4. The molecule has 2 nitrogen and oxygen atoms in total. The third-order valence-electron chi connectivity index (χ3n) is 4.91. The fourth-order valence-corrected chi connectivity index (χ4v) is 3.94. The Morgan fingerprint density at radius 1 is 1.11 bits per heavy atom. The summed E-state index contributed by atoms with van der Waals surface area (Å²) in [5, 5.41) is 0.511. The minimum atomic E-state index is 0.367. The molecule has 2 aliphatic carbocycles. The van der Waals surface area contributed by atoms with Crippen molar-refractivity contribution in [2.75, 3.05) is 0 Å². The van der Waals surface area contributed by atoms with Crippen molar-refractivity contribution < 1.29 is 4.74 Å². The maximum absolute atomic E-state index is 6.05. The van der Waals surface area contributed by atoms with E-state index in [9.17, 15) is 0 Å². The van der Waals surface area contributed by atoms with Gasteiger partial charge in [-0.15, -0.1) is 0 Å². The van der Waals surface area contributed by atoms with Gasteiger partial charge < -0.3 is 4.74 Å². The summed E-state index contributed by atoms with van der Waals surface area (Å²) in [6.45, 7) is 0. The Kier molecular flexibility index (Phi) is 3.97. The van der Waals surface area contributed by atoms with Crippen molar-refractivity contribution >= 4 is 11.6 Å². The molecule has 1 aromatic rings. The van der Waals surface area contributed by atoms with Gasteiger partial charge in [-0.25, -0.2) is 4.98 Å². The molecular formula is C16H22ClNO. The highest BCUT2D eigenvalue weighted by molar-refractivity contribution is 6.29. The predicted octanol–water partition coefficient (Wildman–Crippen LogP) is 5.01. The summed E-state index contributed by atoms with van der Waals surface area (Å²) in [6.07, 6.45) is 14.4. The largest absolute Gasteiger partial charge is 0.490 e. The van der Waals surface area contributed by atoms with Crippen LogP contribution in [0.1, 0.15) is 57.8 Å². The second-order valence-electron chi connectivity index (χ2n) is 6.19. The molecule has 2 fully saturated rings. The van der Waals surface area contributed by atoms with Gasteiger partial charge in [0.05, 0.1) is 6.10 Å². The van der Waals surface area contributed by atoms with Crippen molar-refractivity contribution in [2.24, 2.45) is 5.41 Å². The fraction of sp³-hybridized carbons (Fsp3) is 0.688. The predicted molar refractivity (Wildman–Crippen MR) is 77.6 cm³/mol. The minimum Gasteiger partial charge on any atom is -0.490 e. The maximum Gasteiger partial charge on any atom is 0.132 e. The van der Waals surface area contributed by atoms with E-state index in [1.165, 1.54) is 57.8 Å². The van der Waals surface area contributed by atoms with Crippen LogP contribution >= 0.6 is 11.6 Å². The number of nitrogens with zero attached hydrogens (tertiary/aromatic N) is 1. The van der Waals surface area contributed by atoms with Crippen LogP contribution in [0.3, 0.4) is 0 Å². The highest BCUT2D eigenvalue weighted by atomic mass is 35.5. The van der Waals surface area contributed by atoms with E-state index >= 15 is 0 Å². The van der Waals surface area contributed by atoms with Crippen LogP contribution in [0, 0.1) is 5.41 Å². The van der Waals surface area contributed by atoms with E-state index in [2.05, 4.69) is 4.98 Å². The van der Waals surface area contributed by atoms with Crippen molar-refractivity contribution in [1.29, 1.82) is 0 Å². The van der Waals surface area contributed by atoms with Crippen LogP contribution in [0.4, 0.5) is 0 Å². The van der Waals surface area contributed by atoms with Crippen LogP contribution in [0.2, 0.25) is 5.15 Å². The van der Waals surface area contributed by atoms with E-state index in [0.717, 1.165) is 5.75 Å². The van der Waals surface area contributed by atoms with E-state index in [1.807, 2.05) is 12.1 Å². The molecule has 3 heteroatoms. The monoisotopic (exact) mass is 279 g/mol. The van der Waals surface area contributed by atoms with E-state index in [-0.39, 0.29) is 0 Å². The molecule has 2 aliphatic rings. The van der Waals surface area contributed by atoms with Crippen LogP contribution in [0.5, 0.6) is 5.75 Å². The molecule has 0 bridgehead atoms. The lowest BCUT2D eigenvalue weighted by atomic mass is 9.65. The van der Waals surface area contributed by atoms with Crippen molar-refractivity contribution in [1.82, 2.24) is 4.98 Å². The molecule has 3 rings (SSSR count). The lowest BCUT2D eigenvalue weighted by Crippen LogP contribution is -2.33. The van der Waals surface area contributed by atoms with Gasteiger partial charge in [0.25, 0.3) is 0 Å². The summed E-state index contributed by atoms with van der Waals surface area (Å²) in [7, 11) is 0. The maximum atomic E-state index is 6.05. The average Bonchev–Trinajstić information content (AvgIpc) is 2.43. The molecule has 0 aliphatic heterocycles. The zero-order chi connectivity index (χ0) is 13.1. The number of rotatable bonds is 2. The number of pyridine rings is 1. The molecule has 0 N–H and O–H groups in total. The smallest absolute Gasteiger partial charge is 0.132 e. The Balaban J connectivity index is 1.55. The number of halogens is 1. The van der Waals surface area contributed by atoms with E-state index in [4.69, 9.17) is 16.3 Å². The quantitative estimate of drug-likeness (QED) is 0.710. The Morgan fingerprint density at radius 3 is 2.53 bits per heavy atom. The number of hydrogen-bond donors (Lipinski definition) is 0. The lowest BCUT2D eigenvalue weighted by Gasteiger charge is -2.42. The van der Waals surface area contributed by atoms with Gasteiger partial charge in [0.2, 0.25) is 0 Å². The van der Waals surface area contributed by atoms with Gasteiger partial charge in [-0.05, 0) is 50.0 Å². The molecule has 0 amide bonds. The highest BCUT2D eigenvalue weighted by Gasteiger charge is 2.36. The van der Waals surface area contributed by atoms with Crippen molar-refractivity contribution in [3.63, 3.8) is 0 Å². The van der Waals surface area contributed by atoms with Gasteiger partial charge in [0, 0.05) is 12.3 Å². The Morgan fingerprint density at radius 2 is 1.84 bits per heavy atom. The highest BCUT2D eigenvalue weighted by Crippen LogP contribution is 2.47. The zero-order valence-corrected chi connectivity index (χ0v) is 12.2. The molecule has 0 saturated heterocycles. The van der Waals surface area contributed by atoms with E-state index in [1.54, 1.807) is 6.20 Å². The third-order valence-corrected chi connectivity index (χ3v) is 5.11. The Hall–Kier alpha value is -0.760. The minimum absolute atomic E-state index is 0.367. The third kappa shape index (κ3) is 3.22. The number of aromatic nitrogens is 1. The first-order valence-electron chi connectivity index (χ1n) is 7.54. The summed E-state index contributed by atoms with van der Waals surface area (Å²) in [4.78, 5) is 3.99. The van der Waals surface area contributed by atoms with Gasteiger partial charge in [0.15, 0.2) is 0 Å². The Bertz CT molecular complexity index is 419. The summed E-state index contributed by atoms with van der Waals surface area (Å²) < 4.78 is 6.05. The van der Waals surface area contributed by atoms with Crippen LogP contribution in [0.25, 0.3) is 0 Å². The lowest BCUT2D eigenvalue weighted by molar-refractivity contribution is 0.0523. The molecule has 104 valence electrons. The first kappa shape index (κ1) is 13.2. The molecule has 2 saturated carbocycles. The molecule has 0 unspecified atom stereocenters. The molecular weight excluding hydrogens is 258 g/mol. The standard InChI is InChI=1S/C16H22ClNO/c17-15-12-14(6-11-18-15)19-13-4-9-16(10-5-13)7-2-1-3-8-16/h6,11-13H,1-5,7-10H2. The summed E-state index contributed by atoms with van der Waals surface area (Å²) in [5.74, 6) is 0.865. The van der Waals surface area contributed by atoms with Crippen LogP contribution < -0.4 is 4.74 Å². The molecule has 1 heterocycles. The van der Waals surface area contributed by atoms with E-state index in [0.29, 0.717) is 16.7 Å². The summed E-state index contributed by atoms with van der Waals surface area (Å²) in [5.41, 5.74) is 0.661. The van der Waals surface area contributed by atoms with E-state index < -0.39 is 0 Å². The van der Waals surface area contributed by atoms with Gasteiger partial charge in [0.1, 0.15) is 10.9 Å². The molecule has 19 heavy (non-hydrogen) atoms. The molecule has 0 aromatic carbocycles. The number of hydrogen-bond acceptors (Lipinski definition) is 2. The summed E-state index contributed by atoms with van der Waals surface area (Å²) >= 11 is 5.89. The summed E-state index contributed by atoms with van der Waals surface area (Å²) in [6, 6.07) is 3.71. The number of ether oxygens (including phenoxy) is 1. The first-order valence-corrected chi connectivity index (χ1v) is 7.92. The Labute approximate surface area is 120 Å². The van der Waals surface area contributed by atoms with Crippen LogP contribution in [0.15, 0.2) is 18.3 Å². The second-order valence-corrected chi connectivity index (χ2v) is 6.58. The molecule has 1 aromatic heterocycles. The van der Waals surface area contributed by atoms with Crippen LogP contribution in [-0.4, -0.2) is 11.1 Å². The van der Waals surface area contributed by atoms with Crippen LogP contribution in [-0.2, 0) is 0 Å².